The first-order valence-electron chi connectivity index (χ1n) is 5.86. The van der Waals surface area contributed by atoms with E-state index in [1.807, 2.05) is 0 Å². The van der Waals surface area contributed by atoms with E-state index < -0.39 is 17.7 Å². The van der Waals surface area contributed by atoms with Crippen molar-refractivity contribution in [1.29, 1.82) is 0 Å². The Morgan fingerprint density at radius 1 is 1.69 bits per heavy atom. The molecule has 0 spiro atoms. The maximum absolute atomic E-state index is 14.0. The summed E-state index contributed by atoms with van der Waals surface area (Å²) < 4.78 is 18.6. The average molecular weight is 231 g/mol. The lowest BCUT2D eigenvalue weighted by molar-refractivity contribution is -0.162. The number of alkyl halides is 1. The van der Waals surface area contributed by atoms with Gasteiger partial charge in [0, 0.05) is 12.6 Å². The van der Waals surface area contributed by atoms with Crippen LogP contribution in [0.1, 0.15) is 26.2 Å². The molecule has 5 heteroatoms. The number of hydrogen-bond donors (Lipinski definition) is 1. The molecule has 2 rings (SSSR count). The van der Waals surface area contributed by atoms with Crippen molar-refractivity contribution in [3.63, 3.8) is 0 Å². The van der Waals surface area contributed by atoms with E-state index in [0.29, 0.717) is 13.0 Å². The minimum atomic E-state index is -1.92. The number of nitrogens with zero attached hydrogens (tertiary/aromatic N) is 1. The smallest absolute Gasteiger partial charge is 0.343 e. The van der Waals surface area contributed by atoms with E-state index in [9.17, 15) is 14.3 Å². The van der Waals surface area contributed by atoms with Crippen molar-refractivity contribution in [2.75, 3.05) is 19.7 Å². The van der Waals surface area contributed by atoms with Crippen LogP contribution in [0.4, 0.5) is 4.39 Å². The minimum Gasteiger partial charge on any atom is -0.464 e. The van der Waals surface area contributed by atoms with Crippen LogP contribution < -0.4 is 0 Å². The second-order valence-corrected chi connectivity index (χ2v) is 4.55. The molecule has 0 amide bonds. The number of hydrogen-bond acceptors (Lipinski definition) is 4. The molecule has 0 aromatic carbocycles. The highest BCUT2D eigenvalue weighted by atomic mass is 19.1. The molecule has 16 heavy (non-hydrogen) atoms. The summed E-state index contributed by atoms with van der Waals surface area (Å²) in [5.41, 5.74) is -1.54. The van der Waals surface area contributed by atoms with E-state index in [-0.39, 0.29) is 12.6 Å². The summed E-state index contributed by atoms with van der Waals surface area (Å²) in [5, 5.41) is 10.3. The van der Waals surface area contributed by atoms with Gasteiger partial charge in [-0.25, -0.2) is 9.18 Å². The van der Waals surface area contributed by atoms with Gasteiger partial charge in [-0.05, 0) is 32.7 Å². The summed E-state index contributed by atoms with van der Waals surface area (Å²) in [4.78, 5) is 13.4. The van der Waals surface area contributed by atoms with Crippen LogP contribution in [0.25, 0.3) is 0 Å². The predicted molar refractivity (Wildman–Crippen MR) is 55.7 cm³/mol. The van der Waals surface area contributed by atoms with Crippen molar-refractivity contribution < 1.29 is 19.0 Å². The fourth-order valence-electron chi connectivity index (χ4n) is 2.86. The Balaban J connectivity index is 2.09. The summed E-state index contributed by atoms with van der Waals surface area (Å²) in [7, 11) is 0. The first-order valence-corrected chi connectivity index (χ1v) is 5.86. The highest BCUT2D eigenvalue weighted by Gasteiger charge is 2.56. The Bertz CT molecular complexity index is 286. The number of esters is 1. The summed E-state index contributed by atoms with van der Waals surface area (Å²) in [6.45, 7) is 3.33. The van der Waals surface area contributed by atoms with Crippen molar-refractivity contribution in [2.24, 2.45) is 0 Å². The molecule has 0 aromatic heterocycles. The number of carbonyl (C=O) groups excluding carboxylic acids is 1. The second-order valence-electron chi connectivity index (χ2n) is 4.55. The molecule has 3 unspecified atom stereocenters. The van der Waals surface area contributed by atoms with E-state index in [1.165, 1.54) is 0 Å². The Morgan fingerprint density at radius 2 is 2.44 bits per heavy atom. The van der Waals surface area contributed by atoms with E-state index in [2.05, 4.69) is 9.64 Å². The van der Waals surface area contributed by atoms with E-state index in [0.717, 1.165) is 19.4 Å². The van der Waals surface area contributed by atoms with Crippen LogP contribution in [0.3, 0.4) is 0 Å². The molecular weight excluding hydrogens is 213 g/mol. The molecule has 2 saturated heterocycles. The van der Waals surface area contributed by atoms with Gasteiger partial charge in [-0.15, -0.1) is 0 Å². The molecule has 0 saturated carbocycles. The summed E-state index contributed by atoms with van der Waals surface area (Å²) >= 11 is 0. The van der Waals surface area contributed by atoms with Crippen molar-refractivity contribution in [3.05, 3.63) is 0 Å². The van der Waals surface area contributed by atoms with Crippen LogP contribution >= 0.6 is 0 Å². The monoisotopic (exact) mass is 231 g/mol. The second kappa shape index (κ2) is 4.30. The van der Waals surface area contributed by atoms with Gasteiger partial charge in [-0.2, -0.15) is 0 Å². The lowest BCUT2D eigenvalue weighted by Crippen LogP contribution is -2.52. The molecular formula is C11H18FNO3. The van der Waals surface area contributed by atoms with Crippen LogP contribution in [-0.4, -0.2) is 53.5 Å². The molecule has 2 aliphatic heterocycles. The van der Waals surface area contributed by atoms with Gasteiger partial charge < -0.3 is 9.84 Å². The lowest BCUT2D eigenvalue weighted by Gasteiger charge is -2.31. The fraction of sp³-hybridized carbons (Fsp3) is 0.909. The molecule has 2 fully saturated rings. The lowest BCUT2D eigenvalue weighted by atomic mass is 9.88. The third-order valence-corrected chi connectivity index (χ3v) is 3.67. The summed E-state index contributed by atoms with van der Waals surface area (Å²) in [5.74, 6) is -0.932. The number of aliphatic hydroxyl groups is 1. The quantitative estimate of drug-likeness (QED) is 0.718. The summed E-state index contributed by atoms with van der Waals surface area (Å²) in [6.07, 6.45) is 0.122. The summed E-state index contributed by atoms with van der Waals surface area (Å²) in [6, 6.07) is -0.216. The SMILES string of the molecule is CCOC(=O)C(F)C1(O)CCN2CCCC21. The van der Waals surface area contributed by atoms with Gasteiger partial charge in [0.2, 0.25) is 6.17 Å². The van der Waals surface area contributed by atoms with Gasteiger partial charge in [0.05, 0.1) is 6.61 Å². The van der Waals surface area contributed by atoms with Crippen molar-refractivity contribution in [3.8, 4) is 0 Å². The van der Waals surface area contributed by atoms with Crippen LogP contribution in [0.2, 0.25) is 0 Å². The third-order valence-electron chi connectivity index (χ3n) is 3.67. The minimum absolute atomic E-state index is 0.143. The average Bonchev–Trinajstić information content (AvgIpc) is 2.83. The molecule has 92 valence electrons. The van der Waals surface area contributed by atoms with Gasteiger partial charge in [0.1, 0.15) is 5.60 Å². The van der Waals surface area contributed by atoms with Gasteiger partial charge in [0.15, 0.2) is 0 Å². The number of fused-ring (bicyclic) bond motifs is 1. The molecule has 0 radical (unpaired) electrons. The number of ether oxygens (including phenoxy) is 1. The maximum atomic E-state index is 14.0. The van der Waals surface area contributed by atoms with Crippen molar-refractivity contribution in [1.82, 2.24) is 4.90 Å². The molecule has 3 atom stereocenters. The fourth-order valence-corrected chi connectivity index (χ4v) is 2.86. The molecule has 2 aliphatic rings. The van der Waals surface area contributed by atoms with Gasteiger partial charge in [0.25, 0.3) is 0 Å². The largest absolute Gasteiger partial charge is 0.464 e. The molecule has 2 heterocycles. The predicted octanol–water partition coefficient (Wildman–Crippen LogP) is 0.487. The first-order chi connectivity index (χ1) is 7.59. The topological polar surface area (TPSA) is 49.8 Å². The molecule has 0 bridgehead atoms. The van der Waals surface area contributed by atoms with Gasteiger partial charge >= 0.3 is 5.97 Å². The van der Waals surface area contributed by atoms with Crippen molar-refractivity contribution in [2.45, 2.75) is 44.0 Å². The highest BCUT2D eigenvalue weighted by molar-refractivity contribution is 5.76. The zero-order valence-corrected chi connectivity index (χ0v) is 9.49. The standard InChI is InChI=1S/C11H18FNO3/c1-2-16-10(14)9(12)11(15)5-7-13-6-3-4-8(11)13/h8-9,15H,2-7H2,1H3. The molecule has 1 N–H and O–H groups in total. The maximum Gasteiger partial charge on any atom is 0.343 e. The van der Waals surface area contributed by atoms with Crippen LogP contribution in [0.5, 0.6) is 0 Å². The van der Waals surface area contributed by atoms with Gasteiger partial charge in [-0.3, -0.25) is 4.90 Å². The Morgan fingerprint density at radius 3 is 3.12 bits per heavy atom. The zero-order chi connectivity index (χ0) is 11.8. The van der Waals surface area contributed by atoms with E-state index >= 15 is 0 Å². The van der Waals surface area contributed by atoms with Gasteiger partial charge in [-0.1, -0.05) is 0 Å². The highest BCUT2D eigenvalue weighted by Crippen LogP contribution is 2.39. The molecule has 0 aromatic rings. The number of carbonyl (C=O) groups is 1. The van der Waals surface area contributed by atoms with Crippen LogP contribution in [0, 0.1) is 0 Å². The zero-order valence-electron chi connectivity index (χ0n) is 9.49. The van der Waals surface area contributed by atoms with Crippen LogP contribution in [-0.2, 0) is 9.53 Å². The third kappa shape index (κ3) is 1.72. The normalized spacial score (nSPS) is 36.1. The Kier molecular flexibility index (Phi) is 3.17. The first kappa shape index (κ1) is 11.8. The van der Waals surface area contributed by atoms with Crippen molar-refractivity contribution >= 4 is 5.97 Å². The molecule has 0 aliphatic carbocycles. The Labute approximate surface area is 94.4 Å². The molecule has 4 nitrogen and oxygen atoms in total. The Hall–Kier alpha value is -0.680. The number of rotatable bonds is 3. The number of halogens is 1. The van der Waals surface area contributed by atoms with Crippen LogP contribution in [0.15, 0.2) is 0 Å². The van der Waals surface area contributed by atoms with E-state index in [1.54, 1.807) is 6.92 Å². The van der Waals surface area contributed by atoms with E-state index in [4.69, 9.17) is 0 Å².